The molecule has 1 aliphatic carbocycles. The second-order valence-corrected chi connectivity index (χ2v) is 5.67. The molecule has 0 bridgehead atoms. The third-order valence-electron chi connectivity index (χ3n) is 3.25. The van der Waals surface area contributed by atoms with Crippen molar-refractivity contribution in [1.82, 2.24) is 10.2 Å². The summed E-state index contributed by atoms with van der Waals surface area (Å²) < 4.78 is 0. The van der Waals surface area contributed by atoms with Crippen molar-refractivity contribution < 1.29 is 4.79 Å². The molecule has 4 nitrogen and oxygen atoms in total. The Balaban J connectivity index is 2.18. The summed E-state index contributed by atoms with van der Waals surface area (Å²) in [6, 6.07) is 0.387. The van der Waals surface area contributed by atoms with Gasteiger partial charge in [0, 0.05) is 6.04 Å². The molecule has 0 radical (unpaired) electrons. The maximum Gasteiger partial charge on any atom is 0.234 e. The number of hydrogen-bond donors (Lipinski definition) is 2. The summed E-state index contributed by atoms with van der Waals surface area (Å²) in [5, 5.41) is 3.31. The summed E-state index contributed by atoms with van der Waals surface area (Å²) in [6.07, 6.45) is 4.40. The average Bonchev–Trinajstić information content (AvgIpc) is 3.04. The van der Waals surface area contributed by atoms with Crippen LogP contribution in [0.5, 0.6) is 0 Å². The van der Waals surface area contributed by atoms with Crippen LogP contribution in [0.4, 0.5) is 0 Å². The Morgan fingerprint density at radius 1 is 1.35 bits per heavy atom. The van der Waals surface area contributed by atoms with Crippen molar-refractivity contribution in [2.75, 3.05) is 20.1 Å². The SMILES string of the molecule is CC(C)CCN(C)CCC(NC1CC1)C(N)=O. The van der Waals surface area contributed by atoms with Crippen LogP contribution >= 0.6 is 0 Å². The molecule has 1 fully saturated rings. The van der Waals surface area contributed by atoms with Gasteiger partial charge in [-0.15, -0.1) is 0 Å². The minimum atomic E-state index is -0.214. The largest absolute Gasteiger partial charge is 0.368 e. The van der Waals surface area contributed by atoms with Crippen LogP contribution in [0.1, 0.15) is 39.5 Å². The number of carbonyl (C=O) groups excluding carboxylic acids is 1. The van der Waals surface area contributed by atoms with Crippen molar-refractivity contribution in [1.29, 1.82) is 0 Å². The topological polar surface area (TPSA) is 58.4 Å². The van der Waals surface area contributed by atoms with Gasteiger partial charge in [0.2, 0.25) is 5.91 Å². The van der Waals surface area contributed by atoms with E-state index < -0.39 is 0 Å². The van der Waals surface area contributed by atoms with Crippen molar-refractivity contribution in [3.63, 3.8) is 0 Å². The number of hydrogen-bond acceptors (Lipinski definition) is 3. The van der Waals surface area contributed by atoms with Crippen molar-refractivity contribution in [3.8, 4) is 0 Å². The van der Waals surface area contributed by atoms with Crippen LogP contribution in [0.2, 0.25) is 0 Å². The number of nitrogens with zero attached hydrogens (tertiary/aromatic N) is 1. The number of amides is 1. The molecule has 1 aliphatic rings. The van der Waals surface area contributed by atoms with E-state index >= 15 is 0 Å². The van der Waals surface area contributed by atoms with Gasteiger partial charge in [0.15, 0.2) is 0 Å². The van der Waals surface area contributed by atoms with E-state index in [0.717, 1.165) is 25.4 Å². The molecule has 1 saturated carbocycles. The molecule has 0 aromatic carbocycles. The first kappa shape index (κ1) is 14.5. The molecule has 0 aromatic heterocycles. The molecule has 0 aliphatic heterocycles. The molecule has 0 heterocycles. The van der Waals surface area contributed by atoms with Gasteiger partial charge in [-0.25, -0.2) is 0 Å². The van der Waals surface area contributed by atoms with Gasteiger partial charge in [-0.05, 0) is 51.7 Å². The Morgan fingerprint density at radius 3 is 2.41 bits per heavy atom. The van der Waals surface area contributed by atoms with Crippen LogP contribution in [-0.4, -0.2) is 43.0 Å². The minimum absolute atomic E-state index is 0.149. The Kier molecular flexibility index (Phi) is 5.92. The van der Waals surface area contributed by atoms with Gasteiger partial charge in [-0.1, -0.05) is 13.8 Å². The number of carbonyl (C=O) groups is 1. The standard InChI is InChI=1S/C13H27N3O/c1-10(2)6-8-16(3)9-7-12(13(14)17)15-11-4-5-11/h10-12,15H,4-9H2,1-3H3,(H2,14,17). The molecule has 4 heteroatoms. The average molecular weight is 241 g/mol. The van der Waals surface area contributed by atoms with Crippen molar-refractivity contribution in [3.05, 3.63) is 0 Å². The van der Waals surface area contributed by atoms with E-state index in [9.17, 15) is 4.79 Å². The quantitative estimate of drug-likeness (QED) is 0.632. The summed E-state index contributed by atoms with van der Waals surface area (Å²) in [5.74, 6) is 0.517. The summed E-state index contributed by atoms with van der Waals surface area (Å²) in [6.45, 7) is 6.48. The second kappa shape index (κ2) is 6.97. The third kappa shape index (κ3) is 6.64. The van der Waals surface area contributed by atoms with E-state index in [2.05, 4.69) is 31.1 Å². The third-order valence-corrected chi connectivity index (χ3v) is 3.25. The number of rotatable bonds is 9. The van der Waals surface area contributed by atoms with Crippen molar-refractivity contribution in [2.45, 2.75) is 51.6 Å². The maximum absolute atomic E-state index is 11.3. The van der Waals surface area contributed by atoms with E-state index in [4.69, 9.17) is 5.73 Å². The van der Waals surface area contributed by atoms with E-state index in [1.54, 1.807) is 0 Å². The zero-order valence-electron chi connectivity index (χ0n) is 11.4. The number of primary amides is 1. The fraction of sp³-hybridized carbons (Fsp3) is 0.923. The van der Waals surface area contributed by atoms with E-state index in [1.165, 1.54) is 19.3 Å². The molecular weight excluding hydrogens is 214 g/mol. The highest BCUT2D eigenvalue weighted by molar-refractivity contribution is 5.79. The van der Waals surface area contributed by atoms with Crippen molar-refractivity contribution >= 4 is 5.91 Å². The Morgan fingerprint density at radius 2 is 1.94 bits per heavy atom. The summed E-state index contributed by atoms with van der Waals surface area (Å²) in [5.41, 5.74) is 5.40. The fourth-order valence-corrected chi connectivity index (χ4v) is 1.78. The van der Waals surface area contributed by atoms with E-state index in [1.807, 2.05) is 0 Å². The summed E-state index contributed by atoms with van der Waals surface area (Å²) in [7, 11) is 2.11. The van der Waals surface area contributed by atoms with Crippen LogP contribution in [0.3, 0.4) is 0 Å². The van der Waals surface area contributed by atoms with Crippen LogP contribution < -0.4 is 11.1 Å². The summed E-state index contributed by atoms with van der Waals surface area (Å²) >= 11 is 0. The molecule has 100 valence electrons. The normalized spacial score (nSPS) is 17.7. The fourth-order valence-electron chi connectivity index (χ4n) is 1.78. The first-order valence-electron chi connectivity index (χ1n) is 6.73. The maximum atomic E-state index is 11.3. The Hall–Kier alpha value is -0.610. The molecule has 1 unspecified atom stereocenters. The molecule has 1 atom stereocenters. The lowest BCUT2D eigenvalue weighted by molar-refractivity contribution is -0.120. The van der Waals surface area contributed by atoms with Gasteiger partial charge >= 0.3 is 0 Å². The first-order valence-corrected chi connectivity index (χ1v) is 6.73. The number of nitrogens with two attached hydrogens (primary N) is 1. The molecule has 3 N–H and O–H groups in total. The highest BCUT2D eigenvalue weighted by atomic mass is 16.1. The zero-order chi connectivity index (χ0) is 12.8. The van der Waals surface area contributed by atoms with Gasteiger partial charge in [-0.2, -0.15) is 0 Å². The van der Waals surface area contributed by atoms with Gasteiger partial charge in [0.25, 0.3) is 0 Å². The number of nitrogens with one attached hydrogen (secondary N) is 1. The summed E-state index contributed by atoms with van der Waals surface area (Å²) in [4.78, 5) is 13.6. The lowest BCUT2D eigenvalue weighted by atomic mass is 10.1. The molecule has 0 saturated heterocycles. The Bertz CT molecular complexity index is 239. The van der Waals surface area contributed by atoms with Crippen LogP contribution in [-0.2, 0) is 4.79 Å². The predicted octanol–water partition coefficient (Wildman–Crippen LogP) is 0.960. The molecular formula is C13H27N3O. The lowest BCUT2D eigenvalue weighted by Crippen LogP contribution is -2.44. The van der Waals surface area contributed by atoms with E-state index in [-0.39, 0.29) is 11.9 Å². The van der Waals surface area contributed by atoms with Crippen LogP contribution in [0.15, 0.2) is 0 Å². The van der Waals surface area contributed by atoms with Gasteiger partial charge < -0.3 is 16.0 Å². The van der Waals surface area contributed by atoms with Crippen LogP contribution in [0, 0.1) is 5.92 Å². The van der Waals surface area contributed by atoms with Crippen molar-refractivity contribution in [2.24, 2.45) is 11.7 Å². The molecule has 1 rings (SSSR count). The van der Waals surface area contributed by atoms with Gasteiger partial charge in [0.1, 0.15) is 0 Å². The lowest BCUT2D eigenvalue weighted by Gasteiger charge is -2.21. The molecule has 0 spiro atoms. The first-order chi connectivity index (χ1) is 7.99. The highest BCUT2D eigenvalue weighted by Gasteiger charge is 2.27. The molecule has 1 amide bonds. The monoisotopic (exact) mass is 241 g/mol. The van der Waals surface area contributed by atoms with E-state index in [0.29, 0.717) is 6.04 Å². The highest BCUT2D eigenvalue weighted by Crippen LogP contribution is 2.19. The molecule has 17 heavy (non-hydrogen) atoms. The van der Waals surface area contributed by atoms with Gasteiger partial charge in [0.05, 0.1) is 6.04 Å². The smallest absolute Gasteiger partial charge is 0.234 e. The molecule has 0 aromatic rings. The van der Waals surface area contributed by atoms with Crippen LogP contribution in [0.25, 0.3) is 0 Å². The second-order valence-electron chi connectivity index (χ2n) is 5.67. The van der Waals surface area contributed by atoms with Gasteiger partial charge in [-0.3, -0.25) is 4.79 Å². The predicted molar refractivity (Wildman–Crippen MR) is 70.7 cm³/mol. The Labute approximate surface area is 105 Å². The zero-order valence-corrected chi connectivity index (χ0v) is 11.4. The minimum Gasteiger partial charge on any atom is -0.368 e.